The number of aryl methyl sites for hydroxylation is 2. The highest BCUT2D eigenvalue weighted by molar-refractivity contribution is 7.80. The summed E-state index contributed by atoms with van der Waals surface area (Å²) in [7, 11) is 0. The van der Waals surface area contributed by atoms with Crippen molar-refractivity contribution in [1.29, 1.82) is 0 Å². The largest absolute Gasteiger partial charge is 0.478 e. The lowest BCUT2D eigenvalue weighted by atomic mass is 9.94. The fourth-order valence-corrected chi connectivity index (χ4v) is 3.46. The van der Waals surface area contributed by atoms with Crippen LogP contribution in [0.15, 0.2) is 12.1 Å². The molecule has 2 atom stereocenters. The molecular formula is C16H24N2O4S. The fourth-order valence-electron chi connectivity index (χ4n) is 2.84. The molecule has 1 heterocycles. The molecule has 1 saturated heterocycles. The molecule has 1 aromatic carbocycles. The molecule has 0 bridgehead atoms. The third kappa shape index (κ3) is 3.91. The van der Waals surface area contributed by atoms with Crippen LogP contribution in [0.1, 0.15) is 42.9 Å². The van der Waals surface area contributed by atoms with Gasteiger partial charge in [0, 0.05) is 13.1 Å². The number of nitrogens with zero attached hydrogens (tertiary/aromatic N) is 1. The van der Waals surface area contributed by atoms with Crippen LogP contribution in [0.5, 0.6) is 5.75 Å². The second-order valence-corrected chi connectivity index (χ2v) is 7.62. The predicted octanol–water partition coefficient (Wildman–Crippen LogP) is 1.87. The molecule has 3 N–H and O–H groups in total. The van der Waals surface area contributed by atoms with Gasteiger partial charge in [0.15, 0.2) is 16.8 Å². The molecule has 1 aromatic rings. The number of ether oxygens (including phenoxy) is 1. The van der Waals surface area contributed by atoms with Crippen molar-refractivity contribution in [2.45, 2.75) is 45.6 Å². The molecule has 1 aliphatic heterocycles. The number of carboxylic acids is 1. The summed E-state index contributed by atoms with van der Waals surface area (Å²) in [6.45, 7) is 8.29. The number of carbonyl (C=O) groups is 1. The monoisotopic (exact) mass is 340 g/mol. The minimum absolute atomic E-state index is 0.279. The van der Waals surface area contributed by atoms with Crippen molar-refractivity contribution in [3.8, 4) is 5.75 Å². The molecule has 0 aromatic heterocycles. The van der Waals surface area contributed by atoms with E-state index < -0.39 is 22.7 Å². The van der Waals surface area contributed by atoms with Gasteiger partial charge in [0.2, 0.25) is 0 Å². The van der Waals surface area contributed by atoms with Gasteiger partial charge in [-0.25, -0.2) is 18.4 Å². The lowest BCUT2D eigenvalue weighted by Gasteiger charge is -2.25. The van der Waals surface area contributed by atoms with Crippen LogP contribution in [0.4, 0.5) is 0 Å². The van der Waals surface area contributed by atoms with E-state index in [9.17, 15) is 14.1 Å². The van der Waals surface area contributed by atoms with Crippen molar-refractivity contribution < 1.29 is 18.8 Å². The molecule has 128 valence electrons. The van der Waals surface area contributed by atoms with Gasteiger partial charge in [0.1, 0.15) is 5.75 Å². The van der Waals surface area contributed by atoms with Gasteiger partial charge < -0.3 is 9.84 Å². The Bertz CT molecular complexity index is 622. The molecule has 2 unspecified atom stereocenters. The standard InChI is InChI=1S/C16H24N2O4S/c1-10-7-13(12-5-6-18(9-12)23(17)21)8-11(2)14(10)22-16(3,4)15(19)20/h7-8,12H,5-6,9,17H2,1-4H3,(H,19,20). The molecule has 0 saturated carbocycles. The average molecular weight is 340 g/mol. The Hall–Kier alpha value is -1.44. The molecule has 0 aliphatic carbocycles. The van der Waals surface area contributed by atoms with Crippen molar-refractivity contribution in [1.82, 2.24) is 4.31 Å². The molecule has 1 fully saturated rings. The molecular weight excluding hydrogens is 316 g/mol. The number of hydrogen-bond acceptors (Lipinski definition) is 3. The quantitative estimate of drug-likeness (QED) is 0.856. The Balaban J connectivity index is 2.24. The third-order valence-electron chi connectivity index (χ3n) is 4.23. The molecule has 0 radical (unpaired) electrons. The number of rotatable bonds is 5. The van der Waals surface area contributed by atoms with Crippen molar-refractivity contribution in [2.75, 3.05) is 13.1 Å². The van der Waals surface area contributed by atoms with E-state index >= 15 is 0 Å². The first-order valence-electron chi connectivity index (χ1n) is 7.56. The lowest BCUT2D eigenvalue weighted by Crippen LogP contribution is -2.38. The molecule has 0 amide bonds. The Labute approximate surface area is 139 Å². The highest BCUT2D eigenvalue weighted by Gasteiger charge is 2.31. The van der Waals surface area contributed by atoms with Gasteiger partial charge in [0.05, 0.1) is 0 Å². The van der Waals surface area contributed by atoms with Crippen LogP contribution in [0.25, 0.3) is 0 Å². The van der Waals surface area contributed by atoms with Crippen LogP contribution in [0.3, 0.4) is 0 Å². The number of carboxylic acid groups (broad SMARTS) is 1. The molecule has 0 spiro atoms. The average Bonchev–Trinajstić information content (AvgIpc) is 2.92. The minimum Gasteiger partial charge on any atom is -0.478 e. The third-order valence-corrected chi connectivity index (χ3v) is 5.07. The van der Waals surface area contributed by atoms with Crippen molar-refractivity contribution in [2.24, 2.45) is 5.14 Å². The summed E-state index contributed by atoms with van der Waals surface area (Å²) < 4.78 is 18.9. The first kappa shape index (κ1) is 17.9. The van der Waals surface area contributed by atoms with E-state index in [-0.39, 0.29) is 5.92 Å². The van der Waals surface area contributed by atoms with Crippen LogP contribution in [0, 0.1) is 13.8 Å². The van der Waals surface area contributed by atoms with Gasteiger partial charge in [-0.3, -0.25) is 0 Å². The maximum atomic E-state index is 11.4. The van der Waals surface area contributed by atoms with E-state index in [4.69, 9.17) is 9.88 Å². The zero-order valence-corrected chi connectivity index (χ0v) is 14.8. The first-order valence-corrected chi connectivity index (χ1v) is 8.73. The Morgan fingerprint density at radius 1 is 1.39 bits per heavy atom. The van der Waals surface area contributed by atoms with Gasteiger partial charge in [-0.05, 0) is 56.7 Å². The van der Waals surface area contributed by atoms with Crippen LogP contribution >= 0.6 is 0 Å². The Kier molecular flexibility index (Phi) is 5.13. The molecule has 6 nitrogen and oxygen atoms in total. The van der Waals surface area contributed by atoms with Crippen LogP contribution in [-0.4, -0.2) is 38.3 Å². The maximum absolute atomic E-state index is 11.4. The lowest BCUT2D eigenvalue weighted by molar-refractivity contribution is -0.152. The van der Waals surface area contributed by atoms with Crippen LogP contribution in [-0.2, 0) is 16.0 Å². The number of nitrogens with two attached hydrogens (primary N) is 1. The maximum Gasteiger partial charge on any atom is 0.347 e. The van der Waals surface area contributed by atoms with Crippen molar-refractivity contribution >= 4 is 17.1 Å². The van der Waals surface area contributed by atoms with Gasteiger partial charge >= 0.3 is 5.97 Å². The summed E-state index contributed by atoms with van der Waals surface area (Å²) in [5.41, 5.74) is 1.68. The normalized spacial score (nSPS) is 20.5. The zero-order chi connectivity index (χ0) is 17.4. The van der Waals surface area contributed by atoms with Crippen LogP contribution < -0.4 is 9.88 Å². The van der Waals surface area contributed by atoms with E-state index in [2.05, 4.69) is 0 Å². The predicted molar refractivity (Wildman–Crippen MR) is 89.5 cm³/mol. The second kappa shape index (κ2) is 6.59. The number of benzene rings is 1. The Morgan fingerprint density at radius 3 is 2.39 bits per heavy atom. The SMILES string of the molecule is Cc1cc(C2CCN(S(N)=O)C2)cc(C)c1OC(C)(C)C(=O)O. The Morgan fingerprint density at radius 2 is 1.96 bits per heavy atom. The van der Waals surface area contributed by atoms with Crippen molar-refractivity contribution in [3.63, 3.8) is 0 Å². The smallest absolute Gasteiger partial charge is 0.347 e. The summed E-state index contributed by atoms with van der Waals surface area (Å²) in [4.78, 5) is 11.3. The highest BCUT2D eigenvalue weighted by atomic mass is 32.2. The molecule has 1 aliphatic rings. The fraction of sp³-hybridized carbons (Fsp3) is 0.562. The zero-order valence-electron chi connectivity index (χ0n) is 14.0. The second-order valence-electron chi connectivity index (χ2n) is 6.55. The van der Waals surface area contributed by atoms with Gasteiger partial charge in [-0.15, -0.1) is 0 Å². The van der Waals surface area contributed by atoms with E-state index in [1.807, 2.05) is 26.0 Å². The summed E-state index contributed by atoms with van der Waals surface area (Å²) in [6, 6.07) is 4.04. The van der Waals surface area contributed by atoms with E-state index in [0.29, 0.717) is 12.3 Å². The molecule has 2 rings (SSSR count). The first-order chi connectivity index (χ1) is 10.6. The summed E-state index contributed by atoms with van der Waals surface area (Å²) in [5, 5.41) is 14.7. The van der Waals surface area contributed by atoms with Crippen molar-refractivity contribution in [3.05, 3.63) is 28.8 Å². The summed E-state index contributed by atoms with van der Waals surface area (Å²) >= 11 is -1.43. The summed E-state index contributed by atoms with van der Waals surface area (Å²) in [5.74, 6) is -0.114. The van der Waals surface area contributed by atoms with Gasteiger partial charge in [-0.1, -0.05) is 12.1 Å². The van der Waals surface area contributed by atoms with Crippen LogP contribution in [0.2, 0.25) is 0 Å². The van der Waals surface area contributed by atoms with Gasteiger partial charge in [0.25, 0.3) is 0 Å². The molecule has 7 heteroatoms. The summed E-state index contributed by atoms with van der Waals surface area (Å²) in [6.07, 6.45) is 0.905. The van der Waals surface area contributed by atoms with E-state index in [1.165, 1.54) is 13.8 Å². The number of hydrogen-bond donors (Lipinski definition) is 2. The molecule has 23 heavy (non-hydrogen) atoms. The number of aliphatic carboxylic acids is 1. The highest BCUT2D eigenvalue weighted by Crippen LogP contribution is 2.34. The van der Waals surface area contributed by atoms with E-state index in [0.717, 1.165) is 29.7 Å². The van der Waals surface area contributed by atoms with E-state index in [1.54, 1.807) is 4.31 Å². The topological polar surface area (TPSA) is 92.9 Å². The minimum atomic E-state index is -1.43. The van der Waals surface area contributed by atoms with Gasteiger partial charge in [-0.2, -0.15) is 0 Å².